The molecule has 1 aromatic carbocycles. The maximum absolute atomic E-state index is 12.5. The van der Waals surface area contributed by atoms with Crippen LogP contribution in [0.1, 0.15) is 6.92 Å². The minimum atomic E-state index is -1.05. The summed E-state index contributed by atoms with van der Waals surface area (Å²) in [7, 11) is 0. The van der Waals surface area contributed by atoms with Crippen LogP contribution in [-0.2, 0) is 19.1 Å². The van der Waals surface area contributed by atoms with Gasteiger partial charge in [-0.2, -0.15) is 0 Å². The van der Waals surface area contributed by atoms with Crippen LogP contribution >= 0.6 is 0 Å². The number of nitrogens with one attached hydrogen (secondary N) is 2. The highest BCUT2D eigenvalue weighted by atomic mass is 16.5. The number of carboxylic acid groups (broad SMARTS) is 1. The van der Waals surface area contributed by atoms with Gasteiger partial charge in [0.25, 0.3) is 0 Å². The molecule has 2 amide bonds. The smallest absolute Gasteiger partial charge is 0.310 e. The third-order valence-electron chi connectivity index (χ3n) is 3.94. The van der Waals surface area contributed by atoms with Crippen molar-refractivity contribution in [1.29, 1.82) is 0 Å². The number of benzene rings is 1. The highest BCUT2D eigenvalue weighted by Crippen LogP contribution is 2.39. The molecule has 2 aliphatic rings. The van der Waals surface area contributed by atoms with Gasteiger partial charge < -0.3 is 20.5 Å². The average Bonchev–Trinajstić information content (AvgIpc) is 3.07. The van der Waals surface area contributed by atoms with E-state index in [4.69, 9.17) is 4.74 Å². The summed E-state index contributed by atoms with van der Waals surface area (Å²) >= 11 is 0. The molecule has 0 aromatic heterocycles. The van der Waals surface area contributed by atoms with Crippen LogP contribution in [0.5, 0.6) is 0 Å². The lowest BCUT2D eigenvalue weighted by Gasteiger charge is -2.21. The Balaban J connectivity index is 1.75. The molecule has 0 unspecified atom stereocenters. The number of carboxylic acids is 1. The molecule has 23 heavy (non-hydrogen) atoms. The van der Waals surface area contributed by atoms with Gasteiger partial charge in [-0.1, -0.05) is 18.2 Å². The largest absolute Gasteiger partial charge is 0.481 e. The Hall–Kier alpha value is -2.67. The summed E-state index contributed by atoms with van der Waals surface area (Å²) in [5.74, 6) is -3.33. The number of anilines is 2. The van der Waals surface area contributed by atoms with Gasteiger partial charge in [0, 0.05) is 18.3 Å². The Bertz CT molecular complexity index is 699. The first-order chi connectivity index (χ1) is 11.0. The number of amides is 2. The molecule has 3 rings (SSSR count). The Morgan fingerprint density at radius 2 is 1.65 bits per heavy atom. The quantitative estimate of drug-likeness (QED) is 0.725. The zero-order valence-electron chi connectivity index (χ0n) is 12.4. The minimum Gasteiger partial charge on any atom is -0.481 e. The summed E-state index contributed by atoms with van der Waals surface area (Å²) in [6.45, 7) is 1.39. The van der Waals surface area contributed by atoms with E-state index in [0.717, 1.165) is 0 Å². The number of carbonyl (C=O) groups is 3. The van der Waals surface area contributed by atoms with Crippen molar-refractivity contribution in [2.75, 3.05) is 10.6 Å². The van der Waals surface area contributed by atoms with Crippen molar-refractivity contribution >= 4 is 29.2 Å². The van der Waals surface area contributed by atoms with Gasteiger partial charge in [-0.25, -0.2) is 0 Å². The lowest BCUT2D eigenvalue weighted by atomic mass is 9.82. The van der Waals surface area contributed by atoms with Gasteiger partial charge >= 0.3 is 5.97 Å². The summed E-state index contributed by atoms with van der Waals surface area (Å²) in [5.41, 5.74) is 1.03. The van der Waals surface area contributed by atoms with Crippen molar-refractivity contribution < 1.29 is 24.2 Å². The predicted molar refractivity (Wildman–Crippen MR) is 81.8 cm³/mol. The Kier molecular flexibility index (Phi) is 3.87. The number of hydrogen-bond acceptors (Lipinski definition) is 4. The second-order valence-electron chi connectivity index (χ2n) is 5.59. The number of ether oxygens (including phenoxy) is 1. The Morgan fingerprint density at radius 1 is 1.04 bits per heavy atom. The van der Waals surface area contributed by atoms with Crippen molar-refractivity contribution in [2.24, 2.45) is 11.8 Å². The van der Waals surface area contributed by atoms with Crippen LogP contribution in [0.4, 0.5) is 11.4 Å². The molecular weight excluding hydrogens is 300 g/mol. The molecule has 3 N–H and O–H groups in total. The van der Waals surface area contributed by atoms with Gasteiger partial charge in [0.15, 0.2) is 0 Å². The summed E-state index contributed by atoms with van der Waals surface area (Å²) in [6.07, 6.45) is 2.34. The Morgan fingerprint density at radius 3 is 2.26 bits per heavy atom. The second kappa shape index (κ2) is 5.85. The lowest BCUT2D eigenvalue weighted by molar-refractivity contribution is -0.145. The molecule has 0 radical (unpaired) electrons. The normalized spacial score (nSPS) is 27.7. The molecule has 2 heterocycles. The monoisotopic (exact) mass is 316 g/mol. The molecule has 2 aliphatic heterocycles. The van der Waals surface area contributed by atoms with E-state index in [-0.39, 0.29) is 5.91 Å². The molecule has 7 heteroatoms. The zero-order valence-corrected chi connectivity index (χ0v) is 12.4. The van der Waals surface area contributed by atoms with Crippen LogP contribution in [0.15, 0.2) is 36.4 Å². The molecule has 4 atom stereocenters. The molecule has 2 bridgehead atoms. The summed E-state index contributed by atoms with van der Waals surface area (Å²) in [5, 5.41) is 14.6. The number of carbonyl (C=O) groups excluding carboxylic acids is 2. The van der Waals surface area contributed by atoms with Crippen LogP contribution in [0, 0.1) is 11.8 Å². The summed E-state index contributed by atoms with van der Waals surface area (Å²) in [4.78, 5) is 34.9. The first kappa shape index (κ1) is 15.2. The first-order valence-corrected chi connectivity index (χ1v) is 7.21. The van der Waals surface area contributed by atoms with Crippen LogP contribution < -0.4 is 10.6 Å². The number of hydrogen-bond donors (Lipinski definition) is 3. The van der Waals surface area contributed by atoms with Crippen LogP contribution in [-0.4, -0.2) is 35.1 Å². The molecule has 0 spiro atoms. The standard InChI is InChI=1S/C16H16N2O5/c1-8(19)17-9-3-2-4-10(7-9)18-15(20)13-11-5-6-12(23-11)14(13)16(21)22/h2-7,11-14H,1H3,(H,17,19)(H,18,20)(H,21,22)/t11-,12+,13+,14-/m0/s1. The fraction of sp³-hybridized carbons (Fsp3) is 0.312. The van der Waals surface area contributed by atoms with Crippen molar-refractivity contribution in [1.82, 2.24) is 0 Å². The molecule has 120 valence electrons. The van der Waals surface area contributed by atoms with Gasteiger partial charge in [-0.05, 0) is 18.2 Å². The van der Waals surface area contributed by atoms with E-state index >= 15 is 0 Å². The van der Waals surface area contributed by atoms with Crippen LogP contribution in [0.25, 0.3) is 0 Å². The van der Waals surface area contributed by atoms with Gasteiger partial charge in [-0.3, -0.25) is 14.4 Å². The summed E-state index contributed by atoms with van der Waals surface area (Å²) in [6, 6.07) is 6.66. The minimum absolute atomic E-state index is 0.217. The highest BCUT2D eigenvalue weighted by Gasteiger charge is 2.53. The van der Waals surface area contributed by atoms with E-state index in [1.54, 1.807) is 36.4 Å². The predicted octanol–water partition coefficient (Wildman–Crippen LogP) is 1.24. The van der Waals surface area contributed by atoms with Crippen molar-refractivity contribution in [3.63, 3.8) is 0 Å². The summed E-state index contributed by atoms with van der Waals surface area (Å²) < 4.78 is 5.48. The third kappa shape index (κ3) is 2.95. The maximum Gasteiger partial charge on any atom is 0.310 e. The SMILES string of the molecule is CC(=O)Nc1cccc(NC(=O)[C@H]2[C@@H](C(=O)O)[C@H]3C=C[C@@H]2O3)c1. The van der Waals surface area contributed by atoms with Gasteiger partial charge in [0.05, 0.1) is 18.1 Å². The molecule has 0 aliphatic carbocycles. The molecule has 1 aromatic rings. The average molecular weight is 316 g/mol. The fourth-order valence-electron chi connectivity index (χ4n) is 3.02. The van der Waals surface area contributed by atoms with E-state index in [1.165, 1.54) is 6.92 Å². The number of aliphatic carboxylic acids is 1. The van der Waals surface area contributed by atoms with E-state index < -0.39 is 35.9 Å². The van der Waals surface area contributed by atoms with Crippen LogP contribution in [0.2, 0.25) is 0 Å². The molecule has 1 saturated heterocycles. The molecule has 0 saturated carbocycles. The van der Waals surface area contributed by atoms with Crippen LogP contribution in [0.3, 0.4) is 0 Å². The number of fused-ring (bicyclic) bond motifs is 2. The zero-order chi connectivity index (χ0) is 16.6. The molecular formula is C16H16N2O5. The van der Waals surface area contributed by atoms with Gasteiger partial charge in [0.1, 0.15) is 5.92 Å². The Labute approximate surface area is 132 Å². The van der Waals surface area contributed by atoms with E-state index in [9.17, 15) is 19.5 Å². The highest BCUT2D eigenvalue weighted by molar-refractivity contribution is 5.97. The second-order valence-corrected chi connectivity index (χ2v) is 5.59. The first-order valence-electron chi connectivity index (χ1n) is 7.21. The van der Waals surface area contributed by atoms with E-state index in [1.807, 2.05) is 0 Å². The lowest BCUT2D eigenvalue weighted by Crippen LogP contribution is -2.39. The number of rotatable bonds is 4. The van der Waals surface area contributed by atoms with Gasteiger partial charge in [0.2, 0.25) is 11.8 Å². The van der Waals surface area contributed by atoms with Crippen molar-refractivity contribution in [3.8, 4) is 0 Å². The third-order valence-corrected chi connectivity index (χ3v) is 3.94. The topological polar surface area (TPSA) is 105 Å². The van der Waals surface area contributed by atoms with E-state index in [2.05, 4.69) is 10.6 Å². The molecule has 1 fully saturated rings. The van der Waals surface area contributed by atoms with Crippen molar-refractivity contribution in [3.05, 3.63) is 36.4 Å². The van der Waals surface area contributed by atoms with Crippen molar-refractivity contribution in [2.45, 2.75) is 19.1 Å². The molecule has 7 nitrogen and oxygen atoms in total. The van der Waals surface area contributed by atoms with Gasteiger partial charge in [-0.15, -0.1) is 0 Å². The van der Waals surface area contributed by atoms with E-state index in [0.29, 0.717) is 11.4 Å². The maximum atomic E-state index is 12.5. The fourth-order valence-corrected chi connectivity index (χ4v) is 3.02.